The maximum absolute atomic E-state index is 13.5. The van der Waals surface area contributed by atoms with Gasteiger partial charge >= 0.3 is 5.97 Å². The zero-order chi connectivity index (χ0) is 29.3. The number of imide groups is 1. The van der Waals surface area contributed by atoms with Gasteiger partial charge in [-0.15, -0.1) is 0 Å². The van der Waals surface area contributed by atoms with Crippen molar-refractivity contribution in [1.82, 2.24) is 10.0 Å². The van der Waals surface area contributed by atoms with Gasteiger partial charge in [0.15, 0.2) is 5.78 Å². The normalized spacial score (nSPS) is 12.2. The van der Waals surface area contributed by atoms with Crippen molar-refractivity contribution in [2.24, 2.45) is 0 Å². The first-order valence-corrected chi connectivity index (χ1v) is 12.2. The van der Waals surface area contributed by atoms with Crippen molar-refractivity contribution in [3.05, 3.63) is 128 Å². The summed E-state index contributed by atoms with van der Waals surface area (Å²) in [7, 11) is 0. The Balaban J connectivity index is 1.44. The predicted octanol–water partition coefficient (Wildman–Crippen LogP) is 4.60. The number of amides is 3. The number of Topliss-reactive ketones (excluding diaryl/α,β-unsaturated/α-hetero) is 1. The summed E-state index contributed by atoms with van der Waals surface area (Å²) in [5.74, 6) is -4.42. The Morgan fingerprint density at radius 1 is 0.902 bits per heavy atom. The van der Waals surface area contributed by atoms with Crippen LogP contribution in [0.5, 0.6) is 5.75 Å². The van der Waals surface area contributed by atoms with E-state index in [1.807, 2.05) is 0 Å². The van der Waals surface area contributed by atoms with Crippen molar-refractivity contribution in [3.63, 3.8) is 0 Å². The lowest BCUT2D eigenvalue weighted by Crippen LogP contribution is -2.51. The SMILES string of the molecule is O=C(CN(C(=O)c1ccc(Cl)cc1)N1C(=O)c2cccc([N+](=O)[O-])c2C1=O)c1ccc(OC(=O)c2ccco2)cc1. The molecule has 13 heteroatoms. The molecule has 1 aliphatic rings. The van der Waals surface area contributed by atoms with E-state index in [0.29, 0.717) is 15.0 Å². The number of esters is 1. The summed E-state index contributed by atoms with van der Waals surface area (Å²) in [5, 5.41) is 12.9. The van der Waals surface area contributed by atoms with Gasteiger partial charge in [0.1, 0.15) is 17.9 Å². The number of ether oxygens (including phenoxy) is 1. The lowest BCUT2D eigenvalue weighted by molar-refractivity contribution is -0.385. The number of hydrogen-bond donors (Lipinski definition) is 0. The van der Waals surface area contributed by atoms with Gasteiger partial charge in [-0.25, -0.2) is 9.80 Å². The summed E-state index contributed by atoms with van der Waals surface area (Å²) >= 11 is 5.92. The number of furan rings is 1. The first-order valence-electron chi connectivity index (χ1n) is 11.8. The molecule has 0 fully saturated rings. The Morgan fingerprint density at radius 3 is 2.22 bits per heavy atom. The number of fused-ring (bicyclic) bond motifs is 1. The predicted molar refractivity (Wildman–Crippen MR) is 141 cm³/mol. The molecule has 0 unspecified atom stereocenters. The molecule has 1 aromatic heterocycles. The van der Waals surface area contributed by atoms with Crippen LogP contribution in [0.25, 0.3) is 0 Å². The highest BCUT2D eigenvalue weighted by Crippen LogP contribution is 2.32. The molecule has 0 saturated heterocycles. The molecule has 41 heavy (non-hydrogen) atoms. The molecule has 0 radical (unpaired) electrons. The Hall–Kier alpha value is -5.62. The van der Waals surface area contributed by atoms with E-state index in [2.05, 4.69) is 0 Å². The second kappa shape index (κ2) is 10.9. The summed E-state index contributed by atoms with van der Waals surface area (Å²) in [6, 6.07) is 17.3. The lowest BCUT2D eigenvalue weighted by atomic mass is 10.1. The van der Waals surface area contributed by atoms with Crippen molar-refractivity contribution >= 4 is 46.8 Å². The Kier molecular flexibility index (Phi) is 7.15. The molecule has 3 amide bonds. The largest absolute Gasteiger partial charge is 0.457 e. The van der Waals surface area contributed by atoms with E-state index in [1.54, 1.807) is 0 Å². The number of benzene rings is 3. The summed E-state index contributed by atoms with van der Waals surface area (Å²) in [5.41, 5.74) is -1.35. The molecule has 0 atom stereocenters. The third-order valence-electron chi connectivity index (χ3n) is 6.04. The van der Waals surface area contributed by atoms with Gasteiger partial charge in [0.05, 0.1) is 16.7 Å². The average molecular weight is 574 g/mol. The number of nitro benzene ring substituents is 1. The molecule has 0 N–H and O–H groups in total. The van der Waals surface area contributed by atoms with Crippen LogP contribution in [0.4, 0.5) is 5.69 Å². The molecular weight excluding hydrogens is 558 g/mol. The van der Waals surface area contributed by atoms with E-state index in [-0.39, 0.29) is 28.2 Å². The second-order valence-corrected chi connectivity index (χ2v) is 9.00. The molecule has 2 heterocycles. The van der Waals surface area contributed by atoms with Crippen LogP contribution in [-0.2, 0) is 0 Å². The van der Waals surface area contributed by atoms with Gasteiger partial charge in [0.2, 0.25) is 5.76 Å². The topological polar surface area (TPSA) is 157 Å². The van der Waals surface area contributed by atoms with Crippen LogP contribution in [0.3, 0.4) is 0 Å². The first kappa shape index (κ1) is 27.0. The zero-order valence-electron chi connectivity index (χ0n) is 20.7. The smallest absolute Gasteiger partial charge is 0.379 e. The quantitative estimate of drug-likeness (QED) is 0.0733. The molecule has 1 aliphatic heterocycles. The van der Waals surface area contributed by atoms with Crippen LogP contribution in [0.2, 0.25) is 5.02 Å². The van der Waals surface area contributed by atoms with E-state index in [4.69, 9.17) is 20.8 Å². The highest BCUT2D eigenvalue weighted by atomic mass is 35.5. The molecule has 5 rings (SSSR count). The van der Waals surface area contributed by atoms with Crippen LogP contribution in [0, 0.1) is 10.1 Å². The van der Waals surface area contributed by atoms with Gasteiger partial charge in [0.25, 0.3) is 23.4 Å². The number of halogens is 1. The maximum atomic E-state index is 13.5. The number of nitro groups is 1. The summed E-state index contributed by atoms with van der Waals surface area (Å²) < 4.78 is 10.2. The van der Waals surface area contributed by atoms with Gasteiger partial charge in [-0.3, -0.25) is 29.3 Å². The highest BCUT2D eigenvalue weighted by Gasteiger charge is 2.46. The number of rotatable bonds is 8. The first-order chi connectivity index (χ1) is 19.7. The summed E-state index contributed by atoms with van der Waals surface area (Å²) in [4.78, 5) is 76.3. The van der Waals surface area contributed by atoms with Crippen molar-refractivity contribution in [2.75, 3.05) is 6.54 Å². The summed E-state index contributed by atoms with van der Waals surface area (Å²) in [6.45, 7) is -0.785. The lowest BCUT2D eigenvalue weighted by Gasteiger charge is -2.29. The molecular formula is C28H16ClN3O9. The minimum Gasteiger partial charge on any atom is -0.457 e. The van der Waals surface area contributed by atoms with E-state index in [9.17, 15) is 34.1 Å². The van der Waals surface area contributed by atoms with Crippen LogP contribution < -0.4 is 4.74 Å². The molecule has 0 spiro atoms. The fourth-order valence-electron chi connectivity index (χ4n) is 4.09. The van der Waals surface area contributed by atoms with Gasteiger partial charge in [-0.05, 0) is 66.7 Å². The van der Waals surface area contributed by atoms with Crippen LogP contribution >= 0.6 is 11.6 Å². The Morgan fingerprint density at radius 2 is 1.59 bits per heavy atom. The standard InChI is InChI=1S/C28H16ClN3O9/c29-18-10-6-17(7-11-18)25(34)30(31-26(35)20-3-1-4-21(32(38)39)24(20)27(31)36)15-22(33)16-8-12-19(13-9-16)41-28(37)23-5-2-14-40-23/h1-14H,15H2. The molecule has 0 saturated carbocycles. The fourth-order valence-corrected chi connectivity index (χ4v) is 4.22. The number of hydrogen-bond acceptors (Lipinski definition) is 9. The van der Waals surface area contributed by atoms with Crippen LogP contribution in [-0.4, -0.2) is 51.0 Å². The second-order valence-electron chi connectivity index (χ2n) is 8.56. The van der Waals surface area contributed by atoms with Gasteiger partial charge in [0, 0.05) is 22.2 Å². The number of ketones is 1. The molecule has 3 aromatic carbocycles. The molecule has 4 aromatic rings. The van der Waals surface area contributed by atoms with Crippen molar-refractivity contribution < 1.29 is 38.1 Å². The maximum Gasteiger partial charge on any atom is 0.379 e. The van der Waals surface area contributed by atoms with Crippen molar-refractivity contribution in [3.8, 4) is 5.75 Å². The molecule has 0 aliphatic carbocycles. The minimum absolute atomic E-state index is 0.00607. The van der Waals surface area contributed by atoms with Crippen LogP contribution in [0.15, 0.2) is 89.5 Å². The number of nitrogens with zero attached hydrogens (tertiary/aromatic N) is 3. The Bertz CT molecular complexity index is 1720. The number of carbonyl (C=O) groups is 5. The highest BCUT2D eigenvalue weighted by molar-refractivity contribution is 6.30. The number of carbonyl (C=O) groups excluding carboxylic acids is 5. The van der Waals surface area contributed by atoms with Crippen LogP contribution in [0.1, 0.15) is 52.0 Å². The average Bonchev–Trinajstić information content (AvgIpc) is 3.59. The third-order valence-corrected chi connectivity index (χ3v) is 6.29. The monoisotopic (exact) mass is 573 g/mol. The van der Waals surface area contributed by atoms with E-state index in [1.165, 1.54) is 79.1 Å². The Labute approximate surface area is 235 Å². The van der Waals surface area contributed by atoms with Crippen molar-refractivity contribution in [2.45, 2.75) is 0 Å². The van der Waals surface area contributed by atoms with E-state index >= 15 is 0 Å². The zero-order valence-corrected chi connectivity index (χ0v) is 21.4. The third kappa shape index (κ3) is 5.18. The molecule has 12 nitrogen and oxygen atoms in total. The minimum atomic E-state index is -1.13. The molecule has 204 valence electrons. The summed E-state index contributed by atoms with van der Waals surface area (Å²) in [6.07, 6.45) is 1.31. The fraction of sp³-hybridized carbons (Fsp3) is 0.0357. The van der Waals surface area contributed by atoms with Gasteiger partial charge in [-0.2, -0.15) is 5.01 Å². The van der Waals surface area contributed by atoms with Gasteiger partial charge < -0.3 is 9.15 Å². The molecule has 0 bridgehead atoms. The van der Waals surface area contributed by atoms with Gasteiger partial charge in [-0.1, -0.05) is 17.7 Å². The van der Waals surface area contributed by atoms with Crippen molar-refractivity contribution in [1.29, 1.82) is 0 Å². The van der Waals surface area contributed by atoms with E-state index in [0.717, 1.165) is 6.07 Å². The van der Waals surface area contributed by atoms with E-state index < -0.39 is 52.2 Å². The number of hydrazine groups is 1.